The van der Waals surface area contributed by atoms with Gasteiger partial charge in [-0.15, -0.1) is 21.5 Å². The number of hydrogen-bond donors (Lipinski definition) is 2. The smallest absolute Gasteiger partial charge is 0.236 e. The molecule has 1 amide bonds. The van der Waals surface area contributed by atoms with E-state index in [-0.39, 0.29) is 11.7 Å². The van der Waals surface area contributed by atoms with E-state index in [0.717, 1.165) is 5.69 Å². The summed E-state index contributed by atoms with van der Waals surface area (Å²) < 4.78 is 1.63. The number of carbonyl (C=O) groups excluding carboxylic acids is 1. The molecule has 0 saturated carbocycles. The third kappa shape index (κ3) is 2.99. The van der Waals surface area contributed by atoms with Gasteiger partial charge in [0.25, 0.3) is 0 Å². The molecule has 2 rings (SSSR count). The van der Waals surface area contributed by atoms with Crippen LogP contribution in [-0.4, -0.2) is 31.4 Å². The van der Waals surface area contributed by atoms with Crippen LogP contribution in [0.4, 0.5) is 11.1 Å². The van der Waals surface area contributed by atoms with Crippen LogP contribution in [-0.2, 0) is 11.8 Å². The van der Waals surface area contributed by atoms with Gasteiger partial charge in [-0.1, -0.05) is 11.8 Å². The van der Waals surface area contributed by atoms with E-state index in [2.05, 4.69) is 20.5 Å². The number of thiazole rings is 1. The fraction of sp³-hybridized carbons (Fsp3) is 0.333. The Morgan fingerprint density at radius 3 is 2.94 bits per heavy atom. The van der Waals surface area contributed by atoms with E-state index in [0.29, 0.717) is 16.2 Å². The normalized spacial score (nSPS) is 10.6. The molecular weight excluding hydrogens is 272 g/mol. The zero-order valence-corrected chi connectivity index (χ0v) is 11.5. The lowest BCUT2D eigenvalue weighted by Crippen LogP contribution is -2.14. The van der Waals surface area contributed by atoms with Gasteiger partial charge in [-0.25, -0.2) is 4.98 Å². The van der Waals surface area contributed by atoms with E-state index in [1.54, 1.807) is 11.6 Å². The molecule has 2 aromatic heterocycles. The van der Waals surface area contributed by atoms with Crippen LogP contribution in [0.15, 0.2) is 10.5 Å². The average molecular weight is 284 g/mol. The van der Waals surface area contributed by atoms with E-state index >= 15 is 0 Å². The highest BCUT2D eigenvalue weighted by Gasteiger charge is 2.10. The van der Waals surface area contributed by atoms with Crippen LogP contribution in [0, 0.1) is 6.92 Å². The second-order valence-corrected chi connectivity index (χ2v) is 5.33. The van der Waals surface area contributed by atoms with Crippen molar-refractivity contribution in [3.63, 3.8) is 0 Å². The molecule has 0 radical (unpaired) electrons. The molecule has 7 nitrogen and oxygen atoms in total. The summed E-state index contributed by atoms with van der Waals surface area (Å²) in [4.78, 5) is 15.8. The van der Waals surface area contributed by atoms with Gasteiger partial charge in [-0.05, 0) is 6.92 Å². The van der Waals surface area contributed by atoms with Crippen LogP contribution < -0.4 is 11.1 Å². The minimum atomic E-state index is -0.129. The highest BCUT2D eigenvalue weighted by molar-refractivity contribution is 7.99. The Bertz CT molecular complexity index is 563. The molecule has 0 atom stereocenters. The molecule has 0 aliphatic rings. The molecule has 18 heavy (non-hydrogen) atoms. The quantitative estimate of drug-likeness (QED) is 0.809. The molecule has 0 aliphatic carbocycles. The van der Waals surface area contributed by atoms with Crippen molar-refractivity contribution in [3.8, 4) is 0 Å². The maximum Gasteiger partial charge on any atom is 0.236 e. The monoisotopic (exact) mass is 284 g/mol. The van der Waals surface area contributed by atoms with Crippen molar-refractivity contribution in [1.82, 2.24) is 19.7 Å². The number of nitrogens with zero attached hydrogens (tertiary/aromatic N) is 4. The molecule has 0 fully saturated rings. The van der Waals surface area contributed by atoms with Crippen molar-refractivity contribution >= 4 is 40.1 Å². The molecule has 96 valence electrons. The first-order chi connectivity index (χ1) is 8.56. The van der Waals surface area contributed by atoms with E-state index in [1.165, 1.54) is 23.1 Å². The van der Waals surface area contributed by atoms with Crippen molar-refractivity contribution in [2.75, 3.05) is 16.8 Å². The second-order valence-electron chi connectivity index (χ2n) is 3.53. The van der Waals surface area contributed by atoms with Gasteiger partial charge in [-0.3, -0.25) is 9.36 Å². The standard InChI is InChI=1S/C9H12N6OS2/c1-5-3-17-8(11-5)12-6(16)4-18-9-14-13-7(10)15(9)2/h3H,4H2,1-2H3,(H2,10,13)(H,11,12,16). The number of anilines is 2. The Balaban J connectivity index is 1.87. The van der Waals surface area contributed by atoms with Crippen LogP contribution >= 0.6 is 23.1 Å². The zero-order valence-electron chi connectivity index (χ0n) is 9.88. The Kier molecular flexibility index (Phi) is 3.82. The number of carbonyl (C=O) groups is 1. The van der Waals surface area contributed by atoms with Gasteiger partial charge in [0.2, 0.25) is 11.9 Å². The van der Waals surface area contributed by atoms with Gasteiger partial charge in [0, 0.05) is 12.4 Å². The summed E-state index contributed by atoms with van der Waals surface area (Å²) in [5.74, 6) is 0.439. The van der Waals surface area contributed by atoms with Crippen LogP contribution in [0.3, 0.4) is 0 Å². The number of rotatable bonds is 4. The lowest BCUT2D eigenvalue weighted by molar-refractivity contribution is -0.113. The lowest BCUT2D eigenvalue weighted by Gasteiger charge is -2.01. The Morgan fingerprint density at radius 1 is 1.61 bits per heavy atom. The van der Waals surface area contributed by atoms with Crippen molar-refractivity contribution in [1.29, 1.82) is 0 Å². The number of nitrogens with one attached hydrogen (secondary N) is 1. The maximum atomic E-state index is 11.7. The molecule has 9 heteroatoms. The first-order valence-electron chi connectivity index (χ1n) is 5.06. The van der Waals surface area contributed by atoms with E-state index in [9.17, 15) is 4.79 Å². The minimum absolute atomic E-state index is 0.129. The highest BCUT2D eigenvalue weighted by atomic mass is 32.2. The summed E-state index contributed by atoms with van der Waals surface area (Å²) in [5, 5.41) is 13.4. The summed E-state index contributed by atoms with van der Waals surface area (Å²) in [7, 11) is 1.75. The highest BCUT2D eigenvalue weighted by Crippen LogP contribution is 2.18. The predicted octanol–water partition coefficient (Wildman–Crippen LogP) is 0.893. The van der Waals surface area contributed by atoms with Crippen LogP contribution in [0.25, 0.3) is 0 Å². The molecule has 0 aromatic carbocycles. The first-order valence-corrected chi connectivity index (χ1v) is 6.92. The van der Waals surface area contributed by atoms with E-state index in [1.807, 2.05) is 12.3 Å². The molecule has 0 saturated heterocycles. The molecule has 2 aromatic rings. The van der Waals surface area contributed by atoms with Crippen LogP contribution in [0.1, 0.15) is 5.69 Å². The number of aryl methyl sites for hydroxylation is 1. The number of nitrogens with two attached hydrogens (primary N) is 1. The number of aromatic nitrogens is 4. The van der Waals surface area contributed by atoms with Gasteiger partial charge in [0.05, 0.1) is 11.4 Å². The molecule has 0 bridgehead atoms. The fourth-order valence-electron chi connectivity index (χ4n) is 1.15. The van der Waals surface area contributed by atoms with Gasteiger partial charge >= 0.3 is 0 Å². The van der Waals surface area contributed by atoms with Gasteiger partial charge < -0.3 is 11.1 Å². The van der Waals surface area contributed by atoms with Gasteiger partial charge in [0.15, 0.2) is 10.3 Å². The zero-order chi connectivity index (χ0) is 13.1. The van der Waals surface area contributed by atoms with Crippen molar-refractivity contribution in [2.24, 2.45) is 7.05 Å². The summed E-state index contributed by atoms with van der Waals surface area (Å²) in [6.07, 6.45) is 0. The van der Waals surface area contributed by atoms with E-state index in [4.69, 9.17) is 5.73 Å². The van der Waals surface area contributed by atoms with Gasteiger partial charge in [-0.2, -0.15) is 0 Å². The molecule has 2 heterocycles. The van der Waals surface area contributed by atoms with Crippen LogP contribution in [0.5, 0.6) is 0 Å². The summed E-state index contributed by atoms with van der Waals surface area (Å²) >= 11 is 2.68. The number of amides is 1. The number of nitrogen functional groups attached to an aromatic ring is 1. The Morgan fingerprint density at radius 2 is 2.39 bits per heavy atom. The first kappa shape index (κ1) is 12.8. The molecule has 3 N–H and O–H groups in total. The largest absolute Gasteiger partial charge is 0.368 e. The Labute approximate surface area is 112 Å². The predicted molar refractivity (Wildman–Crippen MR) is 71.6 cm³/mol. The fourth-order valence-corrected chi connectivity index (χ4v) is 2.57. The molecule has 0 spiro atoms. The molecule has 0 aliphatic heterocycles. The molecular formula is C9H12N6OS2. The Hall–Kier alpha value is -1.61. The second kappa shape index (κ2) is 5.36. The SMILES string of the molecule is Cc1csc(NC(=O)CSc2nnc(N)n2C)n1. The molecule has 0 unspecified atom stereocenters. The van der Waals surface area contributed by atoms with Crippen LogP contribution in [0.2, 0.25) is 0 Å². The topological polar surface area (TPSA) is 98.7 Å². The van der Waals surface area contributed by atoms with Crippen molar-refractivity contribution < 1.29 is 4.79 Å². The number of thioether (sulfide) groups is 1. The maximum absolute atomic E-state index is 11.7. The minimum Gasteiger partial charge on any atom is -0.368 e. The van der Waals surface area contributed by atoms with Crippen molar-refractivity contribution in [2.45, 2.75) is 12.1 Å². The third-order valence-electron chi connectivity index (χ3n) is 2.07. The average Bonchev–Trinajstić information content (AvgIpc) is 2.86. The lowest BCUT2D eigenvalue weighted by atomic mass is 10.6. The number of hydrogen-bond acceptors (Lipinski definition) is 7. The summed E-state index contributed by atoms with van der Waals surface area (Å²) in [6, 6.07) is 0. The third-order valence-corrected chi connectivity index (χ3v) is 3.96. The van der Waals surface area contributed by atoms with E-state index < -0.39 is 0 Å². The summed E-state index contributed by atoms with van der Waals surface area (Å²) in [5.41, 5.74) is 6.43. The van der Waals surface area contributed by atoms with Crippen molar-refractivity contribution in [3.05, 3.63) is 11.1 Å². The van der Waals surface area contributed by atoms with Gasteiger partial charge in [0.1, 0.15) is 0 Å². The summed E-state index contributed by atoms with van der Waals surface area (Å²) in [6.45, 7) is 1.88.